The van der Waals surface area contributed by atoms with Gasteiger partial charge in [0, 0.05) is 5.56 Å². The Kier molecular flexibility index (Phi) is 4.20. The molecule has 0 bridgehead atoms. The molecule has 0 aliphatic heterocycles. The number of benzene rings is 1. The van der Waals surface area contributed by atoms with E-state index in [4.69, 9.17) is 0 Å². The Bertz CT molecular complexity index is 774. The van der Waals surface area contributed by atoms with Crippen LogP contribution in [0.2, 0.25) is 0 Å². The number of nitriles is 1. The number of alkyl halides is 3. The average Bonchev–Trinajstić information content (AvgIpc) is 2.59. The first kappa shape index (κ1) is 16.4. The van der Waals surface area contributed by atoms with E-state index < -0.39 is 15.6 Å². The molecule has 0 saturated carbocycles. The summed E-state index contributed by atoms with van der Waals surface area (Å²) in [4.78, 5) is 0. The first-order chi connectivity index (χ1) is 10.2. The zero-order valence-corrected chi connectivity index (χ0v) is 12.4. The molecule has 118 valence electrons. The topological polar surface area (TPSA) is 67.2 Å². The first-order valence-corrected chi connectivity index (χ1v) is 7.82. The van der Waals surface area contributed by atoms with Crippen LogP contribution in [0.1, 0.15) is 35.1 Å². The molecule has 0 spiro atoms. The lowest BCUT2D eigenvalue weighted by molar-refractivity contribution is -0.0509. The van der Waals surface area contributed by atoms with Gasteiger partial charge in [-0.05, 0) is 43.4 Å². The van der Waals surface area contributed by atoms with Gasteiger partial charge in [-0.25, -0.2) is 0 Å². The molecule has 2 rings (SSSR count). The number of fused-ring (bicyclic) bond motifs is 1. The molecule has 4 nitrogen and oxygen atoms in total. The summed E-state index contributed by atoms with van der Waals surface area (Å²) in [6.07, 6.45) is 2.73. The van der Waals surface area contributed by atoms with Gasteiger partial charge in [0.25, 0.3) is 0 Å². The molecule has 0 N–H and O–H groups in total. The van der Waals surface area contributed by atoms with Gasteiger partial charge in [-0.3, -0.25) is 0 Å². The Labute approximate surface area is 125 Å². The molecule has 1 aliphatic rings. The summed E-state index contributed by atoms with van der Waals surface area (Å²) in [5, 5.41) is 9.21. The smallest absolute Gasteiger partial charge is 0.376 e. The molecule has 0 amide bonds. The SMILES string of the molecule is Cc1ccc2c(c1C#N)CCCC=C2OS(=O)(=O)C(F)(F)F. The van der Waals surface area contributed by atoms with Crippen LogP contribution in [0.5, 0.6) is 0 Å². The van der Waals surface area contributed by atoms with Crippen molar-refractivity contribution in [2.45, 2.75) is 31.7 Å². The van der Waals surface area contributed by atoms with E-state index in [1.54, 1.807) is 13.0 Å². The summed E-state index contributed by atoms with van der Waals surface area (Å²) in [6, 6.07) is 5.05. The molecular weight excluding hydrogens is 319 g/mol. The van der Waals surface area contributed by atoms with Crippen molar-refractivity contribution in [2.75, 3.05) is 0 Å². The molecule has 0 saturated heterocycles. The van der Waals surface area contributed by atoms with Crippen molar-refractivity contribution >= 4 is 15.9 Å². The predicted molar refractivity (Wildman–Crippen MR) is 72.9 cm³/mol. The number of halogens is 3. The van der Waals surface area contributed by atoms with E-state index in [2.05, 4.69) is 4.18 Å². The second-order valence-electron chi connectivity index (χ2n) is 4.84. The minimum atomic E-state index is -5.74. The molecule has 0 heterocycles. The van der Waals surface area contributed by atoms with Gasteiger partial charge in [-0.15, -0.1) is 0 Å². The molecule has 22 heavy (non-hydrogen) atoms. The maximum atomic E-state index is 12.5. The molecule has 1 aromatic carbocycles. The summed E-state index contributed by atoms with van der Waals surface area (Å²) < 4.78 is 64.2. The van der Waals surface area contributed by atoms with Crippen molar-refractivity contribution in [3.8, 4) is 6.07 Å². The number of hydrogen-bond acceptors (Lipinski definition) is 4. The third-order valence-electron chi connectivity index (χ3n) is 3.34. The zero-order valence-electron chi connectivity index (χ0n) is 11.6. The van der Waals surface area contributed by atoms with Crippen molar-refractivity contribution in [3.05, 3.63) is 40.5 Å². The fourth-order valence-corrected chi connectivity index (χ4v) is 2.77. The normalized spacial score (nSPS) is 15.3. The van der Waals surface area contributed by atoms with Crippen LogP contribution in [0.4, 0.5) is 13.2 Å². The fraction of sp³-hybridized carbons (Fsp3) is 0.357. The molecule has 1 aliphatic carbocycles. The Hall–Kier alpha value is -2.01. The van der Waals surface area contributed by atoms with Crippen molar-refractivity contribution in [2.24, 2.45) is 0 Å². The molecule has 1 aromatic rings. The van der Waals surface area contributed by atoms with Crippen LogP contribution in [-0.4, -0.2) is 13.9 Å². The molecule has 0 fully saturated rings. The third kappa shape index (κ3) is 2.95. The Morgan fingerprint density at radius 3 is 2.59 bits per heavy atom. The first-order valence-electron chi connectivity index (χ1n) is 6.41. The quantitative estimate of drug-likeness (QED) is 0.615. The van der Waals surface area contributed by atoms with Crippen LogP contribution in [0.15, 0.2) is 18.2 Å². The van der Waals surface area contributed by atoms with Gasteiger partial charge in [0.1, 0.15) is 5.76 Å². The Morgan fingerprint density at radius 1 is 1.32 bits per heavy atom. The van der Waals surface area contributed by atoms with Crippen LogP contribution in [0.3, 0.4) is 0 Å². The maximum Gasteiger partial charge on any atom is 0.534 e. The van der Waals surface area contributed by atoms with Crippen LogP contribution >= 0.6 is 0 Å². The van der Waals surface area contributed by atoms with Crippen LogP contribution in [0.25, 0.3) is 5.76 Å². The van der Waals surface area contributed by atoms with Gasteiger partial charge >= 0.3 is 15.6 Å². The van der Waals surface area contributed by atoms with Gasteiger partial charge in [-0.1, -0.05) is 12.1 Å². The van der Waals surface area contributed by atoms with Crippen LogP contribution in [-0.2, 0) is 20.7 Å². The van der Waals surface area contributed by atoms with E-state index in [-0.39, 0.29) is 11.3 Å². The van der Waals surface area contributed by atoms with Crippen molar-refractivity contribution in [1.82, 2.24) is 0 Å². The number of nitrogens with zero attached hydrogens (tertiary/aromatic N) is 1. The number of aryl methyl sites for hydroxylation is 1. The van der Waals surface area contributed by atoms with E-state index in [1.165, 1.54) is 12.1 Å². The van der Waals surface area contributed by atoms with E-state index in [0.29, 0.717) is 36.0 Å². The molecular formula is C14H12F3NO3S. The number of rotatable bonds is 2. The zero-order chi connectivity index (χ0) is 16.5. The molecule has 0 atom stereocenters. The van der Waals surface area contributed by atoms with Crippen molar-refractivity contribution in [3.63, 3.8) is 0 Å². The minimum absolute atomic E-state index is 0.215. The molecule has 0 aromatic heterocycles. The summed E-state index contributed by atoms with van der Waals surface area (Å²) in [5.41, 5.74) is -3.74. The largest absolute Gasteiger partial charge is 0.534 e. The lowest BCUT2D eigenvalue weighted by Gasteiger charge is -2.15. The number of hydrogen-bond donors (Lipinski definition) is 0. The minimum Gasteiger partial charge on any atom is -0.376 e. The summed E-state index contributed by atoms with van der Waals surface area (Å²) >= 11 is 0. The number of allylic oxidation sites excluding steroid dienone is 1. The highest BCUT2D eigenvalue weighted by atomic mass is 32.2. The summed E-state index contributed by atoms with van der Waals surface area (Å²) in [5.74, 6) is -0.374. The maximum absolute atomic E-state index is 12.5. The van der Waals surface area contributed by atoms with Gasteiger partial charge in [0.2, 0.25) is 0 Å². The molecule has 0 radical (unpaired) electrons. The van der Waals surface area contributed by atoms with E-state index in [1.807, 2.05) is 6.07 Å². The van der Waals surface area contributed by atoms with E-state index in [9.17, 15) is 26.9 Å². The van der Waals surface area contributed by atoms with Gasteiger partial charge in [0.15, 0.2) is 0 Å². The Morgan fingerprint density at radius 2 is 2.00 bits per heavy atom. The van der Waals surface area contributed by atoms with Gasteiger partial charge < -0.3 is 4.18 Å². The lowest BCUT2D eigenvalue weighted by atomic mass is 9.94. The third-order valence-corrected chi connectivity index (χ3v) is 4.31. The highest BCUT2D eigenvalue weighted by molar-refractivity contribution is 7.87. The highest BCUT2D eigenvalue weighted by Gasteiger charge is 2.49. The van der Waals surface area contributed by atoms with Gasteiger partial charge in [-0.2, -0.15) is 26.9 Å². The van der Waals surface area contributed by atoms with Gasteiger partial charge in [0.05, 0.1) is 11.6 Å². The summed E-state index contributed by atoms with van der Waals surface area (Å²) in [6.45, 7) is 1.71. The van der Waals surface area contributed by atoms with Crippen LogP contribution < -0.4 is 0 Å². The predicted octanol–water partition coefficient (Wildman–Crippen LogP) is 3.41. The molecule has 0 unspecified atom stereocenters. The second-order valence-corrected chi connectivity index (χ2v) is 6.38. The summed E-state index contributed by atoms with van der Waals surface area (Å²) in [7, 11) is -5.74. The van der Waals surface area contributed by atoms with E-state index in [0.717, 1.165) is 0 Å². The monoisotopic (exact) mass is 331 g/mol. The van der Waals surface area contributed by atoms with Crippen molar-refractivity contribution in [1.29, 1.82) is 5.26 Å². The van der Waals surface area contributed by atoms with Crippen LogP contribution in [0, 0.1) is 18.3 Å². The van der Waals surface area contributed by atoms with Crippen molar-refractivity contribution < 1.29 is 25.8 Å². The molecule has 8 heteroatoms. The average molecular weight is 331 g/mol. The Balaban J connectivity index is 2.54. The second kappa shape index (κ2) is 5.65. The van der Waals surface area contributed by atoms with E-state index >= 15 is 0 Å². The highest BCUT2D eigenvalue weighted by Crippen LogP contribution is 2.34. The fourth-order valence-electron chi connectivity index (χ4n) is 2.28. The standard InChI is InChI=1S/C14H12F3NO3S/c1-9-6-7-11-10(12(9)8-18)4-2-3-5-13(11)21-22(19,20)14(15,16)17/h5-7H,2-4H2,1H3. The lowest BCUT2D eigenvalue weighted by Crippen LogP contribution is -2.25.